The topological polar surface area (TPSA) is 146 Å². The van der Waals surface area contributed by atoms with Gasteiger partial charge < -0.3 is 33.9 Å². The number of carbonyl (C=O) groups excluding carboxylic acids is 4. The number of imide groups is 3. The van der Waals surface area contributed by atoms with E-state index >= 15 is 0 Å². The molecule has 0 aliphatic carbocycles. The summed E-state index contributed by atoms with van der Waals surface area (Å²) >= 11 is 0. The quantitative estimate of drug-likeness (QED) is 0.409. The van der Waals surface area contributed by atoms with Crippen molar-refractivity contribution in [2.45, 2.75) is 25.1 Å². The van der Waals surface area contributed by atoms with Crippen LogP contribution in [-0.4, -0.2) is 84.0 Å². The summed E-state index contributed by atoms with van der Waals surface area (Å²) in [5, 5.41) is 2.54. The van der Waals surface area contributed by atoms with Gasteiger partial charge in [-0.05, 0) is 30.7 Å². The van der Waals surface area contributed by atoms with Crippen LogP contribution in [0.2, 0.25) is 0 Å². The number of rotatable bonds is 7. The van der Waals surface area contributed by atoms with Crippen molar-refractivity contribution in [3.8, 4) is 11.5 Å². The Labute approximate surface area is 223 Å². The lowest BCUT2D eigenvalue weighted by molar-refractivity contribution is -0.155. The number of hydrogen-bond acceptors (Lipinski definition) is 10. The van der Waals surface area contributed by atoms with E-state index in [1.54, 1.807) is 37.4 Å². The Balaban J connectivity index is 1.45. The molecule has 5 rings (SSSR count). The molecule has 2 fully saturated rings. The minimum absolute atomic E-state index is 0.0433. The van der Waals surface area contributed by atoms with E-state index < -0.39 is 35.6 Å². The molecule has 2 aromatic rings. The molecule has 2 saturated heterocycles. The molecule has 0 bridgehead atoms. The lowest BCUT2D eigenvalue weighted by Gasteiger charge is -2.32. The summed E-state index contributed by atoms with van der Waals surface area (Å²) in [5.41, 5.74) is -0.271. The number of methoxy groups -OCH3 is 1. The van der Waals surface area contributed by atoms with Gasteiger partial charge in [0, 0.05) is 30.1 Å². The number of ether oxygens (including phenoxy) is 5. The van der Waals surface area contributed by atoms with Crippen LogP contribution in [0.1, 0.15) is 21.5 Å². The lowest BCUT2D eigenvalue weighted by atomic mass is 9.96. The number of benzene rings is 1. The molecule has 0 radical (unpaired) electrons. The minimum Gasteiger partial charge on any atom is -0.497 e. The largest absolute Gasteiger partial charge is 0.497 e. The second-order valence-corrected chi connectivity index (χ2v) is 9.19. The number of nitrogens with one attached hydrogen (secondary N) is 1. The number of aryl methyl sites for hydroxylation is 1. The molecule has 1 aromatic carbocycles. The number of nitrogens with zero attached hydrogens (tertiary/aromatic N) is 3. The standard InChI is InChI=1S/C26H26N4O9/c1-15-9-27-7-6-21(15)38-16(2)26(13-29-10-17-4-5-18(35-3)8-20(17)22(29)31)23(32)30(24(33)28-26)25(34)39-19-11-36-14-37-12-19/h4-9,19H,2,10-14H2,1,3H3,(H,28,33)/t26-/m0/s1. The average molecular weight is 539 g/mol. The van der Waals surface area contributed by atoms with Crippen LogP contribution in [0.15, 0.2) is 49.0 Å². The van der Waals surface area contributed by atoms with Crippen LogP contribution in [0.25, 0.3) is 0 Å². The van der Waals surface area contributed by atoms with E-state index in [0.717, 1.165) is 0 Å². The predicted octanol–water partition coefficient (Wildman–Crippen LogP) is 1.75. The first-order valence-electron chi connectivity index (χ1n) is 12.0. The molecule has 3 aliphatic rings. The summed E-state index contributed by atoms with van der Waals surface area (Å²) in [5.74, 6) is -0.774. The normalized spacial score (nSPS) is 21.0. The van der Waals surface area contributed by atoms with E-state index in [-0.39, 0.29) is 38.9 Å². The van der Waals surface area contributed by atoms with Gasteiger partial charge in [-0.3, -0.25) is 14.6 Å². The molecular weight excluding hydrogens is 512 g/mol. The smallest absolute Gasteiger partial charge is 0.425 e. The van der Waals surface area contributed by atoms with Gasteiger partial charge in [0.05, 0.1) is 26.9 Å². The molecule has 204 valence electrons. The maximum atomic E-state index is 13.9. The molecule has 13 nitrogen and oxygen atoms in total. The second kappa shape index (κ2) is 10.3. The second-order valence-electron chi connectivity index (χ2n) is 9.19. The molecular formula is C26H26N4O9. The fraction of sp³-hybridized carbons (Fsp3) is 0.346. The van der Waals surface area contributed by atoms with Crippen molar-refractivity contribution in [3.63, 3.8) is 0 Å². The highest BCUT2D eigenvalue weighted by Gasteiger charge is 2.59. The van der Waals surface area contributed by atoms with Crippen LogP contribution in [0, 0.1) is 6.92 Å². The zero-order chi connectivity index (χ0) is 27.7. The summed E-state index contributed by atoms with van der Waals surface area (Å²) < 4.78 is 26.7. The molecule has 0 saturated carbocycles. The number of urea groups is 1. The molecule has 1 aromatic heterocycles. The Morgan fingerprint density at radius 2 is 2.00 bits per heavy atom. The number of amides is 5. The van der Waals surface area contributed by atoms with Crippen LogP contribution in [0.5, 0.6) is 11.5 Å². The Kier molecular flexibility index (Phi) is 6.93. The van der Waals surface area contributed by atoms with Crippen molar-refractivity contribution < 1.29 is 42.9 Å². The van der Waals surface area contributed by atoms with Crippen molar-refractivity contribution >= 4 is 23.9 Å². The zero-order valence-electron chi connectivity index (χ0n) is 21.3. The highest BCUT2D eigenvalue weighted by molar-refractivity contribution is 6.18. The Morgan fingerprint density at radius 3 is 2.72 bits per heavy atom. The van der Waals surface area contributed by atoms with Crippen molar-refractivity contribution in [1.82, 2.24) is 20.1 Å². The number of hydrogen-bond donors (Lipinski definition) is 1. The Bertz CT molecular complexity index is 1360. The molecule has 0 spiro atoms. The molecule has 39 heavy (non-hydrogen) atoms. The van der Waals surface area contributed by atoms with Crippen LogP contribution in [0.3, 0.4) is 0 Å². The van der Waals surface area contributed by atoms with E-state index in [2.05, 4.69) is 16.9 Å². The van der Waals surface area contributed by atoms with E-state index in [9.17, 15) is 19.2 Å². The van der Waals surface area contributed by atoms with Gasteiger partial charge in [-0.25, -0.2) is 9.59 Å². The highest BCUT2D eigenvalue weighted by Crippen LogP contribution is 2.34. The van der Waals surface area contributed by atoms with E-state index in [4.69, 9.17) is 23.7 Å². The summed E-state index contributed by atoms with van der Waals surface area (Å²) in [7, 11) is 1.49. The maximum Gasteiger partial charge on any atom is 0.425 e. The van der Waals surface area contributed by atoms with Crippen LogP contribution >= 0.6 is 0 Å². The maximum absolute atomic E-state index is 13.9. The molecule has 3 aliphatic heterocycles. The van der Waals surface area contributed by atoms with E-state index in [0.29, 0.717) is 33.1 Å². The molecule has 4 heterocycles. The van der Waals surface area contributed by atoms with Crippen LogP contribution in [0.4, 0.5) is 9.59 Å². The molecule has 0 unspecified atom stereocenters. The zero-order valence-corrected chi connectivity index (χ0v) is 21.3. The minimum atomic E-state index is -2.01. The molecule has 1 N–H and O–H groups in total. The third-order valence-electron chi connectivity index (χ3n) is 6.62. The van der Waals surface area contributed by atoms with Gasteiger partial charge in [0.1, 0.15) is 24.1 Å². The number of pyridine rings is 1. The summed E-state index contributed by atoms with van der Waals surface area (Å²) in [6, 6.07) is 5.58. The monoisotopic (exact) mass is 538 g/mol. The predicted molar refractivity (Wildman–Crippen MR) is 132 cm³/mol. The Hall–Kier alpha value is -4.49. The van der Waals surface area contributed by atoms with Gasteiger partial charge in [-0.2, -0.15) is 4.90 Å². The first-order chi connectivity index (χ1) is 18.7. The number of carbonyl (C=O) groups is 4. The summed E-state index contributed by atoms with van der Waals surface area (Å²) in [6.45, 7) is 5.58. The van der Waals surface area contributed by atoms with Gasteiger partial charge >= 0.3 is 12.1 Å². The van der Waals surface area contributed by atoms with Gasteiger partial charge in [0.25, 0.3) is 11.8 Å². The van der Waals surface area contributed by atoms with Crippen molar-refractivity contribution in [1.29, 1.82) is 0 Å². The number of fused-ring (bicyclic) bond motifs is 1. The average Bonchev–Trinajstić information content (AvgIpc) is 3.37. The van der Waals surface area contributed by atoms with Gasteiger partial charge in [0.15, 0.2) is 11.6 Å². The SMILES string of the molecule is C=C(Oc1ccncc1C)[C@]1(CN2Cc3ccc(OC)cc3C2=O)NC(=O)N(C(=O)OC2COCOC2)C1=O. The third kappa shape index (κ3) is 4.77. The highest BCUT2D eigenvalue weighted by atomic mass is 16.7. The van der Waals surface area contributed by atoms with Crippen LogP contribution < -0.4 is 14.8 Å². The molecule has 5 amide bonds. The van der Waals surface area contributed by atoms with Gasteiger partial charge in [-0.15, -0.1) is 0 Å². The number of aromatic nitrogens is 1. The fourth-order valence-corrected chi connectivity index (χ4v) is 4.53. The summed E-state index contributed by atoms with van der Waals surface area (Å²) in [6.07, 6.45) is 1.01. The Morgan fingerprint density at radius 1 is 1.23 bits per heavy atom. The van der Waals surface area contributed by atoms with Crippen molar-refractivity contribution in [2.75, 3.05) is 33.7 Å². The van der Waals surface area contributed by atoms with Gasteiger partial charge in [0.2, 0.25) is 0 Å². The lowest BCUT2D eigenvalue weighted by Crippen LogP contribution is -2.58. The van der Waals surface area contributed by atoms with Crippen molar-refractivity contribution in [2.24, 2.45) is 0 Å². The van der Waals surface area contributed by atoms with Crippen LogP contribution in [-0.2, 0) is 25.5 Å². The van der Waals surface area contributed by atoms with Gasteiger partial charge in [-0.1, -0.05) is 12.6 Å². The van der Waals surface area contributed by atoms with E-state index in [1.807, 2.05) is 0 Å². The van der Waals surface area contributed by atoms with E-state index in [1.165, 1.54) is 18.2 Å². The first-order valence-corrected chi connectivity index (χ1v) is 12.0. The molecule has 13 heteroatoms. The molecule has 1 atom stereocenters. The third-order valence-corrected chi connectivity index (χ3v) is 6.62. The fourth-order valence-electron chi connectivity index (χ4n) is 4.53. The summed E-state index contributed by atoms with van der Waals surface area (Å²) in [4.78, 5) is 58.9. The first kappa shape index (κ1) is 26.1. The van der Waals surface area contributed by atoms with Crippen molar-refractivity contribution in [3.05, 3.63) is 65.7 Å².